The van der Waals surface area contributed by atoms with Gasteiger partial charge in [-0.15, -0.1) is 5.10 Å². The van der Waals surface area contributed by atoms with E-state index in [9.17, 15) is 0 Å². The van der Waals surface area contributed by atoms with Gasteiger partial charge in [0.25, 0.3) is 0 Å². The Hall–Kier alpha value is -2.43. The molecule has 0 amide bonds. The Labute approximate surface area is 97.7 Å². The van der Waals surface area contributed by atoms with Crippen LogP contribution in [0.2, 0.25) is 0 Å². The summed E-state index contributed by atoms with van der Waals surface area (Å²) in [5.41, 5.74) is 1.68. The van der Waals surface area contributed by atoms with Crippen LogP contribution >= 0.6 is 0 Å². The number of nitrogens with zero attached hydrogens (tertiary/aromatic N) is 4. The van der Waals surface area contributed by atoms with E-state index >= 15 is 0 Å². The predicted octanol–water partition coefficient (Wildman–Crippen LogP) is 1.80. The fourth-order valence-electron chi connectivity index (χ4n) is 1.60. The summed E-state index contributed by atoms with van der Waals surface area (Å²) in [6, 6.07) is 7.52. The zero-order valence-electron chi connectivity index (χ0n) is 9.24. The molecule has 0 N–H and O–H groups in total. The van der Waals surface area contributed by atoms with Crippen molar-refractivity contribution in [2.75, 3.05) is 7.11 Å². The summed E-state index contributed by atoms with van der Waals surface area (Å²) in [7, 11) is 1.63. The topological polar surface area (TPSA) is 52.3 Å². The van der Waals surface area contributed by atoms with Crippen LogP contribution in [0.3, 0.4) is 0 Å². The molecule has 3 aromatic rings. The molecule has 0 saturated carbocycles. The average Bonchev–Trinajstić information content (AvgIpc) is 2.82. The van der Waals surface area contributed by atoms with Crippen molar-refractivity contribution in [3.05, 3.63) is 42.9 Å². The number of ether oxygens (including phenoxy) is 1. The van der Waals surface area contributed by atoms with Crippen LogP contribution < -0.4 is 4.74 Å². The van der Waals surface area contributed by atoms with Crippen molar-refractivity contribution in [2.24, 2.45) is 0 Å². The van der Waals surface area contributed by atoms with Gasteiger partial charge in [0.05, 0.1) is 13.3 Å². The third-order valence-electron chi connectivity index (χ3n) is 2.46. The van der Waals surface area contributed by atoms with E-state index < -0.39 is 0 Å². The number of fused-ring (bicyclic) bond motifs is 1. The van der Waals surface area contributed by atoms with E-state index in [1.807, 2.05) is 24.3 Å². The van der Waals surface area contributed by atoms with Crippen LogP contribution in [-0.4, -0.2) is 26.7 Å². The molecular weight excluding hydrogens is 216 g/mol. The molecule has 0 aliphatic heterocycles. The fourth-order valence-corrected chi connectivity index (χ4v) is 1.60. The second-order valence-electron chi connectivity index (χ2n) is 3.55. The molecule has 3 heterocycles. The highest BCUT2D eigenvalue weighted by molar-refractivity contribution is 5.57. The molecule has 0 radical (unpaired) electrons. The molecule has 5 heteroatoms. The number of rotatable bonds is 2. The van der Waals surface area contributed by atoms with Gasteiger partial charge in [-0.1, -0.05) is 0 Å². The third kappa shape index (κ3) is 1.71. The van der Waals surface area contributed by atoms with Crippen molar-refractivity contribution in [3.8, 4) is 17.1 Å². The van der Waals surface area contributed by atoms with E-state index in [4.69, 9.17) is 4.74 Å². The molecule has 0 aliphatic rings. The molecular formula is C12H10N4O. The van der Waals surface area contributed by atoms with Crippen LogP contribution in [0, 0.1) is 0 Å². The maximum atomic E-state index is 5.14. The summed E-state index contributed by atoms with van der Waals surface area (Å²) in [6.07, 6.45) is 5.26. The SMILES string of the molecule is COc1ccc2nc(-c3cccnc3)nn2c1. The van der Waals surface area contributed by atoms with Crippen molar-refractivity contribution >= 4 is 5.65 Å². The summed E-state index contributed by atoms with van der Waals surface area (Å²) in [5, 5.41) is 4.38. The maximum Gasteiger partial charge on any atom is 0.183 e. The molecule has 5 nitrogen and oxygen atoms in total. The Morgan fingerprint density at radius 2 is 2.18 bits per heavy atom. The van der Waals surface area contributed by atoms with Gasteiger partial charge < -0.3 is 4.74 Å². The first-order valence-electron chi connectivity index (χ1n) is 5.17. The Bertz CT molecular complexity index is 648. The number of aromatic nitrogens is 4. The van der Waals surface area contributed by atoms with Crippen LogP contribution in [-0.2, 0) is 0 Å². The standard InChI is InChI=1S/C12H10N4O/c1-17-10-4-5-11-14-12(15-16(11)8-10)9-3-2-6-13-7-9/h2-8H,1H3. The summed E-state index contributed by atoms with van der Waals surface area (Å²) < 4.78 is 6.83. The quantitative estimate of drug-likeness (QED) is 0.668. The van der Waals surface area contributed by atoms with Crippen LogP contribution in [0.4, 0.5) is 0 Å². The Kier molecular flexibility index (Phi) is 2.22. The number of hydrogen-bond acceptors (Lipinski definition) is 4. The second kappa shape index (κ2) is 3.86. The Morgan fingerprint density at radius 3 is 2.94 bits per heavy atom. The van der Waals surface area contributed by atoms with Crippen LogP contribution in [0.25, 0.3) is 17.0 Å². The number of pyridine rings is 2. The van der Waals surface area contributed by atoms with Gasteiger partial charge in [0, 0.05) is 18.0 Å². The van der Waals surface area contributed by atoms with Crippen LogP contribution in [0.5, 0.6) is 5.75 Å². The highest BCUT2D eigenvalue weighted by atomic mass is 16.5. The summed E-state index contributed by atoms with van der Waals surface area (Å²) in [4.78, 5) is 8.47. The van der Waals surface area contributed by atoms with Crippen molar-refractivity contribution in [1.29, 1.82) is 0 Å². The largest absolute Gasteiger partial charge is 0.495 e. The first-order chi connectivity index (χ1) is 8.36. The average molecular weight is 226 g/mol. The van der Waals surface area contributed by atoms with Gasteiger partial charge in [-0.25, -0.2) is 9.50 Å². The van der Waals surface area contributed by atoms with Gasteiger partial charge in [-0.2, -0.15) is 0 Å². The zero-order chi connectivity index (χ0) is 11.7. The maximum absolute atomic E-state index is 5.14. The molecule has 3 aromatic heterocycles. The van der Waals surface area contributed by atoms with Crippen LogP contribution in [0.15, 0.2) is 42.9 Å². The minimum atomic E-state index is 0.659. The van der Waals surface area contributed by atoms with E-state index in [2.05, 4.69) is 15.1 Å². The van der Waals surface area contributed by atoms with E-state index in [0.717, 1.165) is 17.0 Å². The molecule has 3 rings (SSSR count). The van der Waals surface area contributed by atoms with E-state index in [1.165, 1.54) is 0 Å². The molecule has 0 fully saturated rings. The van der Waals surface area contributed by atoms with Gasteiger partial charge in [0.1, 0.15) is 5.75 Å². The molecule has 0 aliphatic carbocycles. The molecule has 0 bridgehead atoms. The summed E-state index contributed by atoms with van der Waals surface area (Å²) in [6.45, 7) is 0. The highest BCUT2D eigenvalue weighted by Crippen LogP contribution is 2.17. The second-order valence-corrected chi connectivity index (χ2v) is 3.55. The summed E-state index contributed by atoms with van der Waals surface area (Å²) in [5.74, 6) is 1.41. The fraction of sp³-hybridized carbons (Fsp3) is 0.0833. The third-order valence-corrected chi connectivity index (χ3v) is 2.46. The molecule has 0 saturated heterocycles. The Balaban J connectivity index is 2.14. The lowest BCUT2D eigenvalue weighted by Gasteiger charge is -1.97. The van der Waals surface area contributed by atoms with Gasteiger partial charge in [-0.3, -0.25) is 4.98 Å². The smallest absolute Gasteiger partial charge is 0.183 e. The normalized spacial score (nSPS) is 10.6. The minimum absolute atomic E-state index is 0.659. The summed E-state index contributed by atoms with van der Waals surface area (Å²) >= 11 is 0. The lowest BCUT2D eigenvalue weighted by molar-refractivity contribution is 0.411. The first-order valence-corrected chi connectivity index (χ1v) is 5.17. The van der Waals surface area contributed by atoms with Crippen LogP contribution in [0.1, 0.15) is 0 Å². The van der Waals surface area contributed by atoms with Crippen molar-refractivity contribution in [3.63, 3.8) is 0 Å². The van der Waals surface area contributed by atoms with Crippen molar-refractivity contribution in [1.82, 2.24) is 19.6 Å². The Morgan fingerprint density at radius 1 is 1.24 bits per heavy atom. The van der Waals surface area contributed by atoms with Crippen molar-refractivity contribution < 1.29 is 4.74 Å². The number of methoxy groups -OCH3 is 1. The van der Waals surface area contributed by atoms with Gasteiger partial charge in [0.15, 0.2) is 11.5 Å². The molecule has 0 unspecified atom stereocenters. The minimum Gasteiger partial charge on any atom is -0.495 e. The number of hydrogen-bond donors (Lipinski definition) is 0. The predicted molar refractivity (Wildman–Crippen MR) is 62.8 cm³/mol. The molecule has 17 heavy (non-hydrogen) atoms. The zero-order valence-corrected chi connectivity index (χ0v) is 9.24. The van der Waals surface area contributed by atoms with Gasteiger partial charge >= 0.3 is 0 Å². The molecule has 0 atom stereocenters. The lowest BCUT2D eigenvalue weighted by atomic mass is 10.3. The first kappa shape index (κ1) is 9.77. The monoisotopic (exact) mass is 226 g/mol. The van der Waals surface area contributed by atoms with E-state index in [1.54, 1.807) is 30.2 Å². The van der Waals surface area contributed by atoms with E-state index in [0.29, 0.717) is 5.82 Å². The van der Waals surface area contributed by atoms with Crippen molar-refractivity contribution in [2.45, 2.75) is 0 Å². The highest BCUT2D eigenvalue weighted by Gasteiger charge is 2.06. The van der Waals surface area contributed by atoms with Gasteiger partial charge in [0.2, 0.25) is 0 Å². The molecule has 84 valence electrons. The lowest BCUT2D eigenvalue weighted by Crippen LogP contribution is -1.90. The van der Waals surface area contributed by atoms with E-state index in [-0.39, 0.29) is 0 Å². The van der Waals surface area contributed by atoms with Gasteiger partial charge in [-0.05, 0) is 24.3 Å². The molecule has 0 aromatic carbocycles. The molecule has 0 spiro atoms.